The summed E-state index contributed by atoms with van der Waals surface area (Å²) in [5.41, 5.74) is 2.41. The Hall–Kier alpha value is -1.56. The lowest BCUT2D eigenvalue weighted by atomic mass is 10.1. The second kappa shape index (κ2) is 5.83. The van der Waals surface area contributed by atoms with Crippen LogP contribution in [0.2, 0.25) is 0 Å². The van der Waals surface area contributed by atoms with Gasteiger partial charge in [-0.15, -0.1) is 0 Å². The molecule has 1 heterocycles. The van der Waals surface area contributed by atoms with Crippen LogP contribution < -0.4 is 9.62 Å². The lowest BCUT2D eigenvalue weighted by Crippen LogP contribution is -2.25. The summed E-state index contributed by atoms with van der Waals surface area (Å²) in [6, 6.07) is 5.38. The predicted molar refractivity (Wildman–Crippen MR) is 80.5 cm³/mol. The minimum absolute atomic E-state index is 0.0188. The van der Waals surface area contributed by atoms with Gasteiger partial charge in [0.25, 0.3) is 0 Å². The molecule has 0 unspecified atom stereocenters. The number of carbonyl (C=O) groups is 1. The summed E-state index contributed by atoms with van der Waals surface area (Å²) in [4.78, 5) is 13.2. The molecular weight excluding hydrogens is 276 g/mol. The van der Waals surface area contributed by atoms with Crippen molar-refractivity contribution in [2.45, 2.75) is 33.1 Å². The van der Waals surface area contributed by atoms with Crippen molar-refractivity contribution in [3.8, 4) is 0 Å². The van der Waals surface area contributed by atoms with Crippen molar-refractivity contribution in [1.29, 1.82) is 0 Å². The van der Waals surface area contributed by atoms with E-state index in [-0.39, 0.29) is 11.7 Å². The van der Waals surface area contributed by atoms with Crippen LogP contribution in [0.1, 0.15) is 32.3 Å². The van der Waals surface area contributed by atoms with E-state index in [1.807, 2.05) is 13.0 Å². The quantitative estimate of drug-likeness (QED) is 0.905. The van der Waals surface area contributed by atoms with Gasteiger partial charge in [-0.2, -0.15) is 0 Å². The van der Waals surface area contributed by atoms with Gasteiger partial charge in [0, 0.05) is 19.2 Å². The van der Waals surface area contributed by atoms with Crippen molar-refractivity contribution >= 4 is 27.3 Å². The van der Waals surface area contributed by atoms with Crippen LogP contribution in [0.15, 0.2) is 18.2 Å². The first kappa shape index (κ1) is 14.8. The van der Waals surface area contributed by atoms with Gasteiger partial charge < -0.3 is 4.90 Å². The van der Waals surface area contributed by atoms with E-state index in [0.29, 0.717) is 18.7 Å². The number of rotatable bonds is 5. The van der Waals surface area contributed by atoms with E-state index in [0.717, 1.165) is 24.1 Å². The van der Waals surface area contributed by atoms with Crippen LogP contribution in [0.3, 0.4) is 0 Å². The minimum atomic E-state index is -3.31. The number of nitrogens with zero attached hydrogens (tertiary/aromatic N) is 1. The van der Waals surface area contributed by atoms with Gasteiger partial charge in [0.1, 0.15) is 0 Å². The molecule has 1 N–H and O–H groups in total. The highest BCUT2D eigenvalue weighted by Gasteiger charge is 2.22. The summed E-state index contributed by atoms with van der Waals surface area (Å²) < 4.78 is 26.3. The second-order valence-corrected chi connectivity index (χ2v) is 6.88. The van der Waals surface area contributed by atoms with E-state index < -0.39 is 10.0 Å². The highest BCUT2D eigenvalue weighted by Crippen LogP contribution is 2.31. The number of nitrogens with one attached hydrogen (secondary N) is 1. The lowest BCUT2D eigenvalue weighted by molar-refractivity contribution is -0.116. The van der Waals surface area contributed by atoms with Gasteiger partial charge in [-0.1, -0.05) is 19.4 Å². The maximum atomic E-state index is 11.9. The molecule has 0 radical (unpaired) electrons. The van der Waals surface area contributed by atoms with Gasteiger partial charge in [0.15, 0.2) is 0 Å². The third-order valence-corrected chi connectivity index (χ3v) is 4.77. The Morgan fingerprint density at radius 1 is 1.40 bits per heavy atom. The minimum Gasteiger partial charge on any atom is -0.312 e. The molecule has 0 bridgehead atoms. The maximum Gasteiger partial charge on any atom is 0.232 e. The summed E-state index contributed by atoms with van der Waals surface area (Å²) in [5, 5.41) is 0. The topological polar surface area (TPSA) is 66.5 Å². The molecule has 1 aliphatic heterocycles. The van der Waals surface area contributed by atoms with Gasteiger partial charge in [-0.25, -0.2) is 8.42 Å². The number of hydrogen-bond acceptors (Lipinski definition) is 3. The fourth-order valence-corrected chi connectivity index (χ4v) is 3.59. The van der Waals surface area contributed by atoms with E-state index in [4.69, 9.17) is 0 Å². The smallest absolute Gasteiger partial charge is 0.232 e. The third-order valence-electron chi connectivity index (χ3n) is 3.40. The molecule has 0 aliphatic carbocycles. The van der Waals surface area contributed by atoms with Crippen molar-refractivity contribution in [1.82, 2.24) is 0 Å². The molecule has 0 atom stereocenters. The van der Waals surface area contributed by atoms with Crippen molar-refractivity contribution in [2.75, 3.05) is 21.9 Å². The fourth-order valence-electron chi connectivity index (χ4n) is 2.33. The second-order valence-electron chi connectivity index (χ2n) is 5.04. The molecule has 6 heteroatoms. The Balaban J connectivity index is 2.19. The molecule has 0 fully saturated rings. The first-order valence-corrected chi connectivity index (χ1v) is 8.49. The van der Waals surface area contributed by atoms with Crippen LogP contribution in [-0.4, -0.2) is 26.6 Å². The summed E-state index contributed by atoms with van der Waals surface area (Å²) in [6.45, 7) is 4.14. The highest BCUT2D eigenvalue weighted by molar-refractivity contribution is 7.92. The average Bonchev–Trinajstić information content (AvgIpc) is 2.79. The zero-order valence-corrected chi connectivity index (χ0v) is 12.7. The number of carbonyl (C=O) groups excluding carboxylic acids is 1. The zero-order valence-electron chi connectivity index (χ0n) is 11.8. The summed E-state index contributed by atoms with van der Waals surface area (Å²) in [6.07, 6.45) is 2.29. The van der Waals surface area contributed by atoms with E-state index in [1.165, 1.54) is 6.92 Å². The summed E-state index contributed by atoms with van der Waals surface area (Å²) >= 11 is 0. The van der Waals surface area contributed by atoms with Crippen molar-refractivity contribution < 1.29 is 13.2 Å². The lowest BCUT2D eigenvalue weighted by Gasteiger charge is -2.16. The van der Waals surface area contributed by atoms with Crippen LogP contribution >= 0.6 is 0 Å². The van der Waals surface area contributed by atoms with Gasteiger partial charge >= 0.3 is 0 Å². The molecule has 1 aromatic rings. The summed E-state index contributed by atoms with van der Waals surface area (Å²) in [5.74, 6) is 0.103. The van der Waals surface area contributed by atoms with Gasteiger partial charge in [-0.3, -0.25) is 9.52 Å². The predicted octanol–water partition coefficient (Wildman–Crippen LogP) is 2.14. The van der Waals surface area contributed by atoms with Crippen LogP contribution in [0.25, 0.3) is 0 Å². The first-order valence-electron chi connectivity index (χ1n) is 6.84. The van der Waals surface area contributed by atoms with E-state index in [9.17, 15) is 13.2 Å². The van der Waals surface area contributed by atoms with E-state index in [2.05, 4.69) is 4.72 Å². The third kappa shape index (κ3) is 3.30. The molecule has 2 rings (SSSR count). The SMILES string of the molecule is CCCCS(=O)(=O)Nc1ccc2c(c1)N(C(C)=O)CC2. The maximum absolute atomic E-state index is 11.9. The van der Waals surface area contributed by atoms with Crippen molar-refractivity contribution in [3.05, 3.63) is 23.8 Å². The molecule has 20 heavy (non-hydrogen) atoms. The first-order chi connectivity index (χ1) is 9.43. The normalized spacial score (nSPS) is 14.2. The Morgan fingerprint density at radius 2 is 2.15 bits per heavy atom. The molecule has 0 saturated carbocycles. The highest BCUT2D eigenvalue weighted by atomic mass is 32.2. The molecule has 1 aliphatic rings. The molecule has 1 aromatic carbocycles. The standard InChI is InChI=1S/C14H20N2O3S/c1-3-4-9-20(18,19)15-13-6-5-12-7-8-16(11(2)17)14(12)10-13/h5-6,10,15H,3-4,7-9H2,1-2H3. The Morgan fingerprint density at radius 3 is 2.80 bits per heavy atom. The largest absolute Gasteiger partial charge is 0.312 e. The van der Waals surface area contributed by atoms with Crippen molar-refractivity contribution in [2.24, 2.45) is 0 Å². The zero-order chi connectivity index (χ0) is 14.8. The monoisotopic (exact) mass is 296 g/mol. The van der Waals surface area contributed by atoms with Gasteiger partial charge in [0.2, 0.25) is 15.9 Å². The average molecular weight is 296 g/mol. The van der Waals surface area contributed by atoms with E-state index >= 15 is 0 Å². The molecule has 110 valence electrons. The van der Waals surface area contributed by atoms with Gasteiger partial charge in [-0.05, 0) is 30.5 Å². The number of benzene rings is 1. The molecule has 0 saturated heterocycles. The molecule has 0 spiro atoms. The summed E-state index contributed by atoms with van der Waals surface area (Å²) in [7, 11) is -3.31. The number of unbranched alkanes of at least 4 members (excludes halogenated alkanes) is 1. The van der Waals surface area contributed by atoms with Crippen LogP contribution in [0.4, 0.5) is 11.4 Å². The van der Waals surface area contributed by atoms with Crippen LogP contribution in [0, 0.1) is 0 Å². The van der Waals surface area contributed by atoms with Crippen LogP contribution in [-0.2, 0) is 21.2 Å². The van der Waals surface area contributed by atoms with E-state index in [1.54, 1.807) is 17.0 Å². The fraction of sp³-hybridized carbons (Fsp3) is 0.500. The Kier molecular flexibility index (Phi) is 4.32. The number of anilines is 2. The molecule has 0 aromatic heterocycles. The van der Waals surface area contributed by atoms with Crippen LogP contribution in [0.5, 0.6) is 0 Å². The van der Waals surface area contributed by atoms with Crippen molar-refractivity contribution in [3.63, 3.8) is 0 Å². The molecule has 1 amide bonds. The number of amides is 1. The molecular formula is C14H20N2O3S. The number of fused-ring (bicyclic) bond motifs is 1. The van der Waals surface area contributed by atoms with Gasteiger partial charge in [0.05, 0.1) is 11.4 Å². The number of sulfonamides is 1. The number of hydrogen-bond donors (Lipinski definition) is 1. The molecule has 5 nitrogen and oxygen atoms in total. The Labute approximate surface area is 120 Å². The Bertz CT molecular complexity index is 611.